The fraction of sp³-hybridized carbons (Fsp3) is 0.478. The molecule has 16 heterocycles. The van der Waals surface area contributed by atoms with Gasteiger partial charge in [-0.2, -0.15) is 38.5 Å². The highest BCUT2D eigenvalue weighted by atomic mass is 19.2. The SMILES string of the molecule is COc1cc(F)cc2c1nc(N)n1nc([C@@H]3C[C@H](C)CN(c4cn(C(C)(C)CO)nc4C)C3)nc21.C[C@@H]1C[C@@H](c2nc3c4cc(F)cc(F)c4nc(N)n3n2)CN(c2cnn(C(C)(C)CO)c2)C1.Cc1nn(C(C)(C)CO)cc1N1C[C@@H](C)C[C@@H](c2nc3c4cc(F)cc(F)c4nc(N)n3n2)C1.Cc1nn(C(C)(C)CO)cc1N1C[C@H](C)C[C@H](c2nc3c4cc(F)cc(F)c4nc(N)n3n2)C1. The summed E-state index contributed by atoms with van der Waals surface area (Å²) in [5.41, 5.74) is 30.6. The standard InChI is InChI=1S/C24H31FN8O2.2C23H28F2N8O.C22H26F2N8O/c1-13-6-15(10-31(9-13)18-11-32(29-14(18)2)24(3,4)12-34)21-28-22-17-7-16(25)8-19(35-5)20(17)27-23(26)33(22)30-21;2*1-12-5-14(9-31(8-12)18-10-32(29-13(18)2)23(3,4)11-34)20-28-21-16-6-15(24)7-17(25)19(16)27-22(26)33(21)30-20;1-12-4-13(9-30(8-12)15-7-26-31(10-15)22(2,3)11-33)19-28-20-16-5-14(23)6-17(24)18(16)27-21(25)32(20)29-19/h7-8,11,13,15,34H,6,9-10,12H2,1-5H3,(H2,26,27);2*6-7,10,12,14,34H,5,8-9,11H2,1-4H3,(H2,26,27);5-7,10,12-13,33H,4,8-9,11H2,1-3H3,(H2,25,27)/t13-,15+;2*12-,14+;12-,13-/m0101/s1. The van der Waals surface area contributed by atoms with Crippen molar-refractivity contribution in [3.63, 3.8) is 0 Å². The van der Waals surface area contributed by atoms with Crippen molar-refractivity contribution in [3.05, 3.63) is 161 Å². The van der Waals surface area contributed by atoms with Gasteiger partial charge in [-0.25, -0.2) is 70.6 Å². The van der Waals surface area contributed by atoms with E-state index in [1.807, 2.05) is 106 Å². The van der Waals surface area contributed by atoms with Gasteiger partial charge in [-0.1, -0.05) is 27.7 Å². The summed E-state index contributed by atoms with van der Waals surface area (Å²) in [4.78, 5) is 44.5. The molecule has 37 nitrogen and oxygen atoms in total. The van der Waals surface area contributed by atoms with Crippen LogP contribution in [0.15, 0.2) is 79.5 Å². The van der Waals surface area contributed by atoms with E-state index >= 15 is 0 Å². The molecule has 4 aromatic carbocycles. The van der Waals surface area contributed by atoms with Crippen molar-refractivity contribution in [1.29, 1.82) is 0 Å². The van der Waals surface area contributed by atoms with Gasteiger partial charge in [-0.3, -0.25) is 18.7 Å². The predicted octanol–water partition coefficient (Wildman–Crippen LogP) is 11.6. The second-order valence-electron chi connectivity index (χ2n) is 39.5. The molecule has 12 N–H and O–H groups in total. The van der Waals surface area contributed by atoms with Crippen molar-refractivity contribution in [1.82, 2.24) is 117 Å². The number of fused-ring (bicyclic) bond motifs is 12. The van der Waals surface area contributed by atoms with Crippen LogP contribution in [0.5, 0.6) is 5.75 Å². The molecule has 4 aliphatic heterocycles. The lowest BCUT2D eigenvalue weighted by atomic mass is 9.89. The molecule has 4 aliphatic rings. The lowest BCUT2D eigenvalue weighted by Gasteiger charge is -2.36. The number of benzene rings is 4. The molecule has 136 heavy (non-hydrogen) atoms. The average molecular weight is 1880 g/mol. The number of nitrogens with two attached hydrogens (primary N) is 4. The van der Waals surface area contributed by atoms with Gasteiger partial charge in [0.25, 0.3) is 0 Å². The Bertz CT molecular complexity index is 7030. The number of anilines is 8. The molecular formula is C92H113F7N32O5. The van der Waals surface area contributed by atoms with Crippen LogP contribution in [0.25, 0.3) is 66.2 Å². The molecule has 8 atom stereocenters. The number of rotatable bonds is 17. The minimum atomic E-state index is -0.788. The highest BCUT2D eigenvalue weighted by Gasteiger charge is 2.39. The molecule has 0 saturated carbocycles. The molecule has 16 aromatic rings. The van der Waals surface area contributed by atoms with Crippen molar-refractivity contribution in [2.24, 2.45) is 23.7 Å². The molecule has 0 amide bonds. The Morgan fingerprint density at radius 3 is 0.904 bits per heavy atom. The molecule has 0 unspecified atom stereocenters. The molecule has 720 valence electrons. The number of hydrogen-bond acceptors (Lipinski definition) is 29. The zero-order valence-electron chi connectivity index (χ0n) is 78.6. The largest absolute Gasteiger partial charge is 0.494 e. The number of piperidine rings is 4. The van der Waals surface area contributed by atoms with E-state index in [1.54, 1.807) is 20.2 Å². The minimum absolute atomic E-state index is 0.00386. The van der Waals surface area contributed by atoms with E-state index in [9.17, 15) is 51.2 Å². The molecule has 4 saturated heterocycles. The normalized spacial score (nSPS) is 19.4. The fourth-order valence-corrected chi connectivity index (χ4v) is 18.8. The van der Waals surface area contributed by atoms with Crippen LogP contribution in [-0.2, 0) is 22.2 Å². The molecule has 44 heteroatoms. The smallest absolute Gasteiger partial charge is 0.223 e. The van der Waals surface area contributed by atoms with Crippen LogP contribution in [0.2, 0.25) is 0 Å². The fourth-order valence-electron chi connectivity index (χ4n) is 18.8. The number of aryl methyl sites for hydroxylation is 3. The first-order valence-corrected chi connectivity index (χ1v) is 45.2. The first-order valence-electron chi connectivity index (χ1n) is 45.2. The van der Waals surface area contributed by atoms with Gasteiger partial charge in [-0.15, -0.1) is 20.4 Å². The number of nitrogens with zero attached hydrogens (tertiary/aromatic N) is 28. The van der Waals surface area contributed by atoms with E-state index in [0.29, 0.717) is 95.4 Å². The van der Waals surface area contributed by atoms with Crippen molar-refractivity contribution < 1.29 is 55.9 Å². The van der Waals surface area contributed by atoms with Gasteiger partial charge in [0.15, 0.2) is 63.3 Å². The summed E-state index contributed by atoms with van der Waals surface area (Å²) < 4.78 is 117. The monoisotopic (exact) mass is 1880 g/mol. The second kappa shape index (κ2) is 36.0. The number of aliphatic hydroxyl groups excluding tert-OH is 4. The Morgan fingerprint density at radius 2 is 0.610 bits per heavy atom. The van der Waals surface area contributed by atoms with Gasteiger partial charge >= 0.3 is 0 Å². The molecule has 0 radical (unpaired) electrons. The van der Waals surface area contributed by atoms with Crippen LogP contribution in [-0.4, -0.2) is 224 Å². The highest BCUT2D eigenvalue weighted by molar-refractivity contribution is 5.97. The van der Waals surface area contributed by atoms with Gasteiger partial charge < -0.3 is 67.7 Å². The van der Waals surface area contributed by atoms with Crippen LogP contribution >= 0.6 is 0 Å². The molecule has 4 fully saturated rings. The van der Waals surface area contributed by atoms with Gasteiger partial charge in [0.2, 0.25) is 23.8 Å². The van der Waals surface area contributed by atoms with Crippen molar-refractivity contribution >= 4 is 113 Å². The van der Waals surface area contributed by atoms with Crippen molar-refractivity contribution in [2.45, 2.75) is 175 Å². The van der Waals surface area contributed by atoms with Crippen LogP contribution in [0.1, 0.15) is 173 Å². The Balaban J connectivity index is 0.000000126. The Labute approximate surface area is 776 Å². The van der Waals surface area contributed by atoms with Crippen LogP contribution in [0.4, 0.5) is 77.3 Å². The van der Waals surface area contributed by atoms with Gasteiger partial charge in [0, 0.05) is 125 Å². The number of hydrogen-bond donors (Lipinski definition) is 8. The van der Waals surface area contributed by atoms with E-state index in [1.165, 1.54) is 55.5 Å². The minimum Gasteiger partial charge on any atom is -0.494 e. The average Bonchev–Trinajstić information content (AvgIpc) is 1.71. The van der Waals surface area contributed by atoms with E-state index in [0.717, 1.165) is 110 Å². The maximum atomic E-state index is 14.3. The van der Waals surface area contributed by atoms with Gasteiger partial charge in [0.1, 0.15) is 51.1 Å². The summed E-state index contributed by atoms with van der Waals surface area (Å²) in [6.45, 7) is 36.1. The maximum Gasteiger partial charge on any atom is 0.223 e. The Kier molecular flexibility index (Phi) is 24.9. The number of ether oxygens (including phenoxy) is 1. The van der Waals surface area contributed by atoms with E-state index in [-0.39, 0.29) is 124 Å². The van der Waals surface area contributed by atoms with Crippen LogP contribution in [0.3, 0.4) is 0 Å². The number of aromatic nitrogens is 24. The summed E-state index contributed by atoms with van der Waals surface area (Å²) in [6.07, 6.45) is 13.2. The third-order valence-corrected chi connectivity index (χ3v) is 26.3. The molecule has 0 bridgehead atoms. The van der Waals surface area contributed by atoms with Crippen molar-refractivity contribution in [2.75, 3.05) is 128 Å². The Morgan fingerprint density at radius 1 is 0.346 bits per heavy atom. The summed E-state index contributed by atoms with van der Waals surface area (Å²) in [7, 11) is 1.47. The number of nitrogen functional groups attached to an aromatic ring is 4. The molecule has 12 aromatic heterocycles. The van der Waals surface area contributed by atoms with E-state index in [2.05, 4.69) is 123 Å². The second-order valence-corrected chi connectivity index (χ2v) is 39.5. The van der Waals surface area contributed by atoms with Crippen molar-refractivity contribution in [3.8, 4) is 5.75 Å². The maximum absolute atomic E-state index is 14.3. The van der Waals surface area contributed by atoms with Gasteiger partial charge in [-0.05, 0) is 150 Å². The summed E-state index contributed by atoms with van der Waals surface area (Å²) >= 11 is 0. The molecule has 20 rings (SSSR count). The summed E-state index contributed by atoms with van der Waals surface area (Å²) in [5, 5.41) is 76.8. The Hall–Kier alpha value is -13.5. The van der Waals surface area contributed by atoms with E-state index < -0.39 is 62.9 Å². The lowest BCUT2D eigenvalue weighted by molar-refractivity contribution is 0.152. The summed E-state index contributed by atoms with van der Waals surface area (Å²) in [6, 6.07) is 8.61. The summed E-state index contributed by atoms with van der Waals surface area (Å²) in [5.74, 6) is -0.748. The first-order chi connectivity index (χ1) is 64.4. The lowest BCUT2D eigenvalue weighted by Crippen LogP contribution is -2.39. The third-order valence-electron chi connectivity index (χ3n) is 26.3. The quantitative estimate of drug-likeness (QED) is 0.0393. The molecule has 0 aliphatic carbocycles. The molecular weight excluding hydrogens is 1770 g/mol. The zero-order valence-corrected chi connectivity index (χ0v) is 78.6. The van der Waals surface area contributed by atoms with E-state index in [4.69, 9.17) is 32.7 Å². The van der Waals surface area contributed by atoms with Crippen LogP contribution in [0, 0.1) is 85.2 Å². The van der Waals surface area contributed by atoms with Crippen LogP contribution < -0.4 is 47.3 Å². The predicted molar refractivity (Wildman–Crippen MR) is 501 cm³/mol. The van der Waals surface area contributed by atoms with Gasteiger partial charge in [0.05, 0.1) is 123 Å². The highest BCUT2D eigenvalue weighted by Crippen LogP contribution is 2.42. The number of halogens is 7. The topological polar surface area (TPSA) is 451 Å². The zero-order chi connectivity index (χ0) is 97.3. The third kappa shape index (κ3) is 18.0. The first kappa shape index (κ1) is 94.3. The number of aliphatic hydroxyl groups is 4. The number of methoxy groups -OCH3 is 1. The molecule has 0 spiro atoms.